The highest BCUT2D eigenvalue weighted by Gasteiger charge is 2.18. The molecule has 2 aromatic heterocycles. The molecule has 8 heteroatoms. The van der Waals surface area contributed by atoms with Crippen LogP contribution in [0, 0.1) is 0 Å². The van der Waals surface area contributed by atoms with E-state index in [0.717, 1.165) is 31.2 Å². The van der Waals surface area contributed by atoms with Crippen molar-refractivity contribution >= 4 is 17.1 Å². The summed E-state index contributed by atoms with van der Waals surface area (Å²) in [6.45, 7) is 0.430. The molecule has 4 rings (SSSR count). The van der Waals surface area contributed by atoms with Gasteiger partial charge in [-0.2, -0.15) is 0 Å². The minimum absolute atomic E-state index is 0.0518. The number of rotatable bonds is 5. The van der Waals surface area contributed by atoms with Gasteiger partial charge in [-0.15, -0.1) is 5.10 Å². The fourth-order valence-electron chi connectivity index (χ4n) is 3.36. The van der Waals surface area contributed by atoms with E-state index in [1.165, 1.54) is 10.9 Å². The number of hydrogen-bond donors (Lipinski definition) is 1. The lowest BCUT2D eigenvalue weighted by Crippen LogP contribution is -2.37. The van der Waals surface area contributed by atoms with Crippen molar-refractivity contribution in [2.45, 2.75) is 44.8 Å². The average molecular weight is 352 g/mol. The van der Waals surface area contributed by atoms with Crippen molar-refractivity contribution in [2.24, 2.45) is 0 Å². The summed E-state index contributed by atoms with van der Waals surface area (Å²) in [6, 6.07) is 10.00. The maximum atomic E-state index is 12.6. The number of nitrogens with one attached hydrogen (secondary N) is 1. The largest absolute Gasteiger partial charge is 0.352 e. The Morgan fingerprint density at radius 1 is 1.19 bits per heavy atom. The lowest BCUT2D eigenvalue weighted by molar-refractivity contribution is -0.122. The van der Waals surface area contributed by atoms with Crippen LogP contribution in [0.1, 0.15) is 31.2 Å². The van der Waals surface area contributed by atoms with E-state index in [1.54, 1.807) is 4.68 Å². The predicted octanol–water partition coefficient (Wildman–Crippen LogP) is 1.10. The molecule has 1 aliphatic carbocycles. The van der Waals surface area contributed by atoms with Gasteiger partial charge in [-0.3, -0.25) is 14.2 Å². The van der Waals surface area contributed by atoms with Crippen molar-refractivity contribution in [3.05, 3.63) is 52.6 Å². The first-order valence-electron chi connectivity index (χ1n) is 8.82. The molecule has 1 aromatic carbocycles. The van der Waals surface area contributed by atoms with Gasteiger partial charge in [0.25, 0.3) is 5.56 Å². The van der Waals surface area contributed by atoms with Crippen LogP contribution in [0.15, 0.2) is 41.5 Å². The number of carbonyl (C=O) groups is 1. The molecular formula is C18H20N6O2. The summed E-state index contributed by atoms with van der Waals surface area (Å²) in [6.07, 6.45) is 5.69. The van der Waals surface area contributed by atoms with Crippen LogP contribution in [0.25, 0.3) is 11.2 Å². The van der Waals surface area contributed by atoms with Gasteiger partial charge >= 0.3 is 0 Å². The van der Waals surface area contributed by atoms with Crippen molar-refractivity contribution in [1.29, 1.82) is 0 Å². The van der Waals surface area contributed by atoms with E-state index in [4.69, 9.17) is 0 Å². The molecule has 3 aromatic rings. The van der Waals surface area contributed by atoms with Crippen LogP contribution in [0.2, 0.25) is 0 Å². The molecule has 1 aliphatic rings. The lowest BCUT2D eigenvalue weighted by Gasteiger charge is -2.12. The maximum Gasteiger partial charge on any atom is 0.283 e. The van der Waals surface area contributed by atoms with Gasteiger partial charge in [0, 0.05) is 6.04 Å². The first kappa shape index (κ1) is 16.4. The molecule has 1 saturated carbocycles. The van der Waals surface area contributed by atoms with Gasteiger partial charge in [-0.05, 0) is 18.4 Å². The van der Waals surface area contributed by atoms with E-state index in [1.807, 2.05) is 30.3 Å². The molecule has 0 saturated heterocycles. The van der Waals surface area contributed by atoms with Gasteiger partial charge < -0.3 is 5.32 Å². The molecule has 0 bridgehead atoms. The highest BCUT2D eigenvalue weighted by Crippen LogP contribution is 2.17. The summed E-state index contributed by atoms with van der Waals surface area (Å²) in [7, 11) is 0. The maximum absolute atomic E-state index is 12.6. The van der Waals surface area contributed by atoms with Gasteiger partial charge in [0.2, 0.25) is 5.91 Å². The quantitative estimate of drug-likeness (QED) is 0.742. The van der Waals surface area contributed by atoms with E-state index < -0.39 is 0 Å². The van der Waals surface area contributed by atoms with Crippen LogP contribution in [0.3, 0.4) is 0 Å². The topological polar surface area (TPSA) is 94.7 Å². The van der Waals surface area contributed by atoms with Gasteiger partial charge in [0.15, 0.2) is 11.2 Å². The molecule has 1 amide bonds. The van der Waals surface area contributed by atoms with Crippen LogP contribution >= 0.6 is 0 Å². The molecule has 0 atom stereocenters. The molecule has 1 fully saturated rings. The number of hydrogen-bond acceptors (Lipinski definition) is 5. The van der Waals surface area contributed by atoms with Gasteiger partial charge in [-0.25, -0.2) is 9.67 Å². The van der Waals surface area contributed by atoms with E-state index >= 15 is 0 Å². The monoisotopic (exact) mass is 352 g/mol. The van der Waals surface area contributed by atoms with Crippen LogP contribution in [-0.4, -0.2) is 36.5 Å². The minimum Gasteiger partial charge on any atom is -0.352 e. The molecule has 2 heterocycles. The summed E-state index contributed by atoms with van der Waals surface area (Å²) in [5, 5.41) is 11.0. The Hall–Kier alpha value is -3.03. The number of nitrogens with zero attached hydrogens (tertiary/aromatic N) is 5. The SMILES string of the molecule is O=C(Cn1cnc2c(nnn2Cc2ccccc2)c1=O)NC1CCCC1. The summed E-state index contributed by atoms with van der Waals surface area (Å²) in [4.78, 5) is 29.1. The lowest BCUT2D eigenvalue weighted by atomic mass is 10.2. The second kappa shape index (κ2) is 7.07. The second-order valence-corrected chi connectivity index (χ2v) is 6.63. The standard InChI is InChI=1S/C18H20N6O2/c25-15(20-14-8-4-5-9-14)11-23-12-19-17-16(18(23)26)21-22-24(17)10-13-6-2-1-3-7-13/h1-3,6-7,12,14H,4-5,8-11H2,(H,20,25). The summed E-state index contributed by atoms with van der Waals surface area (Å²) >= 11 is 0. The van der Waals surface area contributed by atoms with Crippen LogP contribution in [-0.2, 0) is 17.9 Å². The molecule has 0 aliphatic heterocycles. The van der Waals surface area contributed by atoms with Gasteiger partial charge in [-0.1, -0.05) is 48.4 Å². The Bertz CT molecular complexity index is 972. The Kier molecular flexibility index (Phi) is 4.47. The van der Waals surface area contributed by atoms with Gasteiger partial charge in [0.1, 0.15) is 12.9 Å². The predicted molar refractivity (Wildman–Crippen MR) is 95.5 cm³/mol. The molecule has 0 unspecified atom stereocenters. The van der Waals surface area contributed by atoms with Crippen molar-refractivity contribution < 1.29 is 4.79 Å². The van der Waals surface area contributed by atoms with Crippen molar-refractivity contribution in [2.75, 3.05) is 0 Å². The number of carbonyl (C=O) groups excluding carboxylic acids is 1. The van der Waals surface area contributed by atoms with Crippen LogP contribution < -0.4 is 10.9 Å². The van der Waals surface area contributed by atoms with E-state index in [2.05, 4.69) is 20.6 Å². The van der Waals surface area contributed by atoms with E-state index in [9.17, 15) is 9.59 Å². The second-order valence-electron chi connectivity index (χ2n) is 6.63. The fraction of sp³-hybridized carbons (Fsp3) is 0.389. The number of aromatic nitrogens is 5. The fourth-order valence-corrected chi connectivity index (χ4v) is 3.36. The zero-order valence-electron chi connectivity index (χ0n) is 14.3. The van der Waals surface area contributed by atoms with Crippen molar-refractivity contribution in [3.8, 4) is 0 Å². The molecule has 0 spiro atoms. The first-order valence-corrected chi connectivity index (χ1v) is 8.82. The molecular weight excluding hydrogens is 332 g/mol. The first-order chi connectivity index (χ1) is 12.7. The van der Waals surface area contributed by atoms with Crippen LogP contribution in [0.5, 0.6) is 0 Å². The third kappa shape index (κ3) is 3.35. The van der Waals surface area contributed by atoms with Crippen molar-refractivity contribution in [3.63, 3.8) is 0 Å². The Morgan fingerprint density at radius 3 is 2.73 bits per heavy atom. The third-order valence-electron chi connectivity index (χ3n) is 4.70. The smallest absolute Gasteiger partial charge is 0.283 e. The Balaban J connectivity index is 1.54. The molecule has 8 nitrogen and oxygen atoms in total. The Morgan fingerprint density at radius 2 is 1.96 bits per heavy atom. The van der Waals surface area contributed by atoms with E-state index in [0.29, 0.717) is 12.2 Å². The molecule has 26 heavy (non-hydrogen) atoms. The number of benzene rings is 1. The highest BCUT2D eigenvalue weighted by molar-refractivity contribution is 5.76. The zero-order valence-corrected chi connectivity index (χ0v) is 14.3. The Labute approximate surface area is 149 Å². The molecule has 134 valence electrons. The highest BCUT2D eigenvalue weighted by atomic mass is 16.2. The molecule has 1 N–H and O–H groups in total. The number of amides is 1. The normalized spacial score (nSPS) is 14.8. The average Bonchev–Trinajstić information content (AvgIpc) is 3.29. The molecule has 0 radical (unpaired) electrons. The van der Waals surface area contributed by atoms with E-state index in [-0.39, 0.29) is 29.6 Å². The number of fused-ring (bicyclic) bond motifs is 1. The van der Waals surface area contributed by atoms with Crippen LogP contribution in [0.4, 0.5) is 0 Å². The zero-order chi connectivity index (χ0) is 17.9. The van der Waals surface area contributed by atoms with Gasteiger partial charge in [0.05, 0.1) is 6.54 Å². The minimum atomic E-state index is -0.351. The third-order valence-corrected chi connectivity index (χ3v) is 4.70. The summed E-state index contributed by atoms with van der Waals surface area (Å²) < 4.78 is 2.88. The van der Waals surface area contributed by atoms with Crippen molar-refractivity contribution in [1.82, 2.24) is 29.9 Å². The summed E-state index contributed by atoms with van der Waals surface area (Å²) in [5.74, 6) is -0.170. The summed E-state index contributed by atoms with van der Waals surface area (Å²) in [5.41, 5.74) is 1.29.